The molecule has 0 spiro atoms. The van der Waals surface area contributed by atoms with Crippen LogP contribution in [-0.4, -0.2) is 11.7 Å². The predicted molar refractivity (Wildman–Crippen MR) is 71.8 cm³/mol. The van der Waals surface area contributed by atoms with Gasteiger partial charge in [0.15, 0.2) is 5.78 Å². The molecule has 0 fully saturated rings. The number of rotatable bonds is 5. The van der Waals surface area contributed by atoms with E-state index in [2.05, 4.69) is 12.2 Å². The Morgan fingerprint density at radius 3 is 2.84 bits per heavy atom. The van der Waals surface area contributed by atoms with Gasteiger partial charge in [0.2, 0.25) is 5.91 Å². The molecule has 3 nitrogen and oxygen atoms in total. The molecule has 0 atom stereocenters. The Morgan fingerprint density at radius 1 is 1.32 bits per heavy atom. The highest BCUT2D eigenvalue weighted by molar-refractivity contribution is 5.99. The molecule has 0 aromatic heterocycles. The van der Waals surface area contributed by atoms with E-state index in [1.54, 1.807) is 6.07 Å². The number of anilines is 1. The van der Waals surface area contributed by atoms with E-state index in [9.17, 15) is 14.0 Å². The number of halogens is 1. The lowest BCUT2D eigenvalue weighted by atomic mass is 9.96. The van der Waals surface area contributed by atoms with Crippen LogP contribution in [0.1, 0.15) is 54.9 Å². The lowest BCUT2D eigenvalue weighted by molar-refractivity contribution is -0.116. The SMILES string of the molecule is CCCCCC(=O)c1cc2c(cc1F)NC(=O)CC2. The molecule has 102 valence electrons. The van der Waals surface area contributed by atoms with E-state index in [1.807, 2.05) is 0 Å². The Kier molecular flexibility index (Phi) is 4.30. The second-order valence-electron chi connectivity index (χ2n) is 4.92. The fourth-order valence-electron chi connectivity index (χ4n) is 2.29. The average Bonchev–Trinajstić information content (AvgIpc) is 2.38. The van der Waals surface area contributed by atoms with Crippen molar-refractivity contribution in [1.29, 1.82) is 0 Å². The second kappa shape index (κ2) is 5.95. The zero-order valence-electron chi connectivity index (χ0n) is 11.1. The van der Waals surface area contributed by atoms with Crippen LogP contribution in [0.4, 0.5) is 10.1 Å². The number of Topliss-reactive ketones (excluding diaryl/α,β-unsaturated/α-hetero) is 1. The third-order valence-corrected chi connectivity index (χ3v) is 3.40. The van der Waals surface area contributed by atoms with Gasteiger partial charge in [-0.05, 0) is 30.5 Å². The average molecular weight is 263 g/mol. The van der Waals surface area contributed by atoms with Crippen molar-refractivity contribution in [3.05, 3.63) is 29.1 Å². The molecule has 0 radical (unpaired) electrons. The topological polar surface area (TPSA) is 46.2 Å². The van der Waals surface area contributed by atoms with Gasteiger partial charge in [-0.2, -0.15) is 0 Å². The van der Waals surface area contributed by atoms with Crippen molar-refractivity contribution in [2.45, 2.75) is 45.4 Å². The van der Waals surface area contributed by atoms with E-state index in [-0.39, 0.29) is 17.3 Å². The van der Waals surface area contributed by atoms with E-state index in [0.29, 0.717) is 24.9 Å². The number of ketones is 1. The van der Waals surface area contributed by atoms with E-state index in [0.717, 1.165) is 24.8 Å². The molecule has 1 N–H and O–H groups in total. The number of hydrogen-bond donors (Lipinski definition) is 1. The molecule has 0 saturated heterocycles. The highest BCUT2D eigenvalue weighted by Gasteiger charge is 2.20. The van der Waals surface area contributed by atoms with Crippen LogP contribution in [0.25, 0.3) is 0 Å². The number of nitrogens with one attached hydrogen (secondary N) is 1. The number of amides is 1. The summed E-state index contributed by atoms with van der Waals surface area (Å²) in [5, 5.41) is 2.63. The molecule has 1 aliphatic rings. The van der Waals surface area contributed by atoms with Crippen molar-refractivity contribution < 1.29 is 14.0 Å². The molecular formula is C15H18FNO2. The first-order chi connectivity index (χ1) is 9.11. The van der Waals surface area contributed by atoms with Gasteiger partial charge in [-0.25, -0.2) is 4.39 Å². The van der Waals surface area contributed by atoms with Gasteiger partial charge < -0.3 is 5.32 Å². The zero-order chi connectivity index (χ0) is 13.8. The smallest absolute Gasteiger partial charge is 0.224 e. The predicted octanol–water partition coefficient (Wildman–Crippen LogP) is 3.47. The summed E-state index contributed by atoms with van der Waals surface area (Å²) in [7, 11) is 0. The largest absolute Gasteiger partial charge is 0.326 e. The fourth-order valence-corrected chi connectivity index (χ4v) is 2.29. The van der Waals surface area contributed by atoms with Gasteiger partial charge in [0.05, 0.1) is 5.56 Å². The molecule has 1 amide bonds. The summed E-state index contributed by atoms with van der Waals surface area (Å²) in [5.74, 6) is -0.790. The zero-order valence-corrected chi connectivity index (χ0v) is 11.1. The number of unbranched alkanes of at least 4 members (excludes halogenated alkanes) is 2. The van der Waals surface area contributed by atoms with Crippen molar-refractivity contribution in [1.82, 2.24) is 0 Å². The molecule has 19 heavy (non-hydrogen) atoms. The minimum absolute atomic E-state index is 0.103. The van der Waals surface area contributed by atoms with Crippen LogP contribution in [0.5, 0.6) is 0 Å². The molecule has 1 aliphatic heterocycles. The van der Waals surface area contributed by atoms with Gasteiger partial charge in [-0.3, -0.25) is 9.59 Å². The first-order valence-electron chi connectivity index (χ1n) is 6.77. The second-order valence-corrected chi connectivity index (χ2v) is 4.92. The Morgan fingerprint density at radius 2 is 2.11 bits per heavy atom. The summed E-state index contributed by atoms with van der Waals surface area (Å²) in [6.07, 6.45) is 4.15. The van der Waals surface area contributed by atoms with Crippen LogP contribution in [0, 0.1) is 5.82 Å². The number of aryl methyl sites for hydroxylation is 1. The fraction of sp³-hybridized carbons (Fsp3) is 0.467. The lowest BCUT2D eigenvalue weighted by Gasteiger charge is -2.18. The van der Waals surface area contributed by atoms with Gasteiger partial charge in [0, 0.05) is 18.5 Å². The van der Waals surface area contributed by atoms with Crippen molar-refractivity contribution in [2.75, 3.05) is 5.32 Å². The monoisotopic (exact) mass is 263 g/mol. The van der Waals surface area contributed by atoms with Crippen LogP contribution in [0.3, 0.4) is 0 Å². The molecule has 0 bridgehead atoms. The standard InChI is InChI=1S/C15H18FNO2/c1-2-3-4-5-14(18)11-8-10-6-7-15(19)17-13(10)9-12(11)16/h8-9H,2-7H2,1H3,(H,17,19). The van der Waals surface area contributed by atoms with Crippen molar-refractivity contribution in [2.24, 2.45) is 0 Å². The summed E-state index contributed by atoms with van der Waals surface area (Å²) < 4.78 is 13.9. The maximum atomic E-state index is 13.9. The quantitative estimate of drug-likeness (QED) is 0.653. The van der Waals surface area contributed by atoms with Gasteiger partial charge in [-0.15, -0.1) is 0 Å². The molecular weight excluding hydrogens is 245 g/mol. The van der Waals surface area contributed by atoms with Gasteiger partial charge in [0.1, 0.15) is 5.82 Å². The normalized spacial score (nSPS) is 13.9. The number of benzene rings is 1. The molecule has 1 heterocycles. The summed E-state index contributed by atoms with van der Waals surface area (Å²) in [5.41, 5.74) is 1.50. The Bertz CT molecular complexity index is 511. The molecule has 2 rings (SSSR count). The Labute approximate surface area is 112 Å². The molecule has 1 aromatic carbocycles. The summed E-state index contributed by atoms with van der Waals surface area (Å²) in [6.45, 7) is 2.06. The number of carbonyl (C=O) groups excluding carboxylic acids is 2. The number of hydrogen-bond acceptors (Lipinski definition) is 2. The highest BCUT2D eigenvalue weighted by Crippen LogP contribution is 2.26. The van der Waals surface area contributed by atoms with E-state index in [4.69, 9.17) is 0 Å². The van der Waals surface area contributed by atoms with E-state index >= 15 is 0 Å². The van der Waals surface area contributed by atoms with Crippen LogP contribution in [-0.2, 0) is 11.2 Å². The molecule has 0 aliphatic carbocycles. The number of fused-ring (bicyclic) bond motifs is 1. The third-order valence-electron chi connectivity index (χ3n) is 3.40. The molecule has 4 heteroatoms. The number of carbonyl (C=O) groups is 2. The molecule has 1 aromatic rings. The minimum Gasteiger partial charge on any atom is -0.326 e. The van der Waals surface area contributed by atoms with Crippen LogP contribution in [0.15, 0.2) is 12.1 Å². The van der Waals surface area contributed by atoms with E-state index in [1.165, 1.54) is 6.07 Å². The minimum atomic E-state index is -0.539. The van der Waals surface area contributed by atoms with Crippen molar-refractivity contribution in [3.8, 4) is 0 Å². The van der Waals surface area contributed by atoms with Crippen LogP contribution < -0.4 is 5.32 Å². The summed E-state index contributed by atoms with van der Waals surface area (Å²) in [6, 6.07) is 2.86. The van der Waals surface area contributed by atoms with Gasteiger partial charge >= 0.3 is 0 Å². The third kappa shape index (κ3) is 3.19. The maximum Gasteiger partial charge on any atom is 0.224 e. The molecule has 0 saturated carbocycles. The highest BCUT2D eigenvalue weighted by atomic mass is 19.1. The van der Waals surface area contributed by atoms with Crippen molar-refractivity contribution >= 4 is 17.4 Å². The van der Waals surface area contributed by atoms with Crippen LogP contribution >= 0.6 is 0 Å². The molecule has 0 unspecified atom stereocenters. The van der Waals surface area contributed by atoms with Gasteiger partial charge in [0.25, 0.3) is 0 Å². The first-order valence-corrected chi connectivity index (χ1v) is 6.77. The van der Waals surface area contributed by atoms with E-state index < -0.39 is 5.82 Å². The lowest BCUT2D eigenvalue weighted by Crippen LogP contribution is -2.20. The van der Waals surface area contributed by atoms with Crippen LogP contribution in [0.2, 0.25) is 0 Å². The Hall–Kier alpha value is -1.71. The summed E-state index contributed by atoms with van der Waals surface area (Å²) in [4.78, 5) is 23.2. The first kappa shape index (κ1) is 13.7. The maximum absolute atomic E-state index is 13.9. The Balaban J connectivity index is 2.18. The van der Waals surface area contributed by atoms with Gasteiger partial charge in [-0.1, -0.05) is 19.8 Å². The summed E-state index contributed by atoms with van der Waals surface area (Å²) >= 11 is 0. The van der Waals surface area contributed by atoms with Crippen molar-refractivity contribution in [3.63, 3.8) is 0 Å².